The van der Waals surface area contributed by atoms with Gasteiger partial charge in [0.2, 0.25) is 0 Å². The maximum Gasteiger partial charge on any atom is 0.254 e. The summed E-state index contributed by atoms with van der Waals surface area (Å²) in [6.07, 6.45) is 3.95. The molecule has 0 fully saturated rings. The van der Waals surface area contributed by atoms with Crippen molar-refractivity contribution in [3.05, 3.63) is 53.3 Å². The monoisotopic (exact) mass is 243 g/mol. The van der Waals surface area contributed by atoms with Crippen molar-refractivity contribution in [1.29, 1.82) is 0 Å². The fourth-order valence-electron chi connectivity index (χ4n) is 1.90. The molecule has 2 rings (SSSR count). The molecule has 0 bridgehead atoms. The molecular weight excluding hydrogens is 226 g/mol. The lowest BCUT2D eigenvalue weighted by Crippen LogP contribution is -2.34. The Kier molecular flexibility index (Phi) is 3.77. The SMILES string of the molecule is Cc1ccccc1CC(C)NC(=O)c1cn[nH]c1. The van der Waals surface area contributed by atoms with Crippen molar-refractivity contribution in [2.24, 2.45) is 0 Å². The minimum absolute atomic E-state index is 0.0912. The van der Waals surface area contributed by atoms with Crippen molar-refractivity contribution in [2.45, 2.75) is 26.3 Å². The van der Waals surface area contributed by atoms with Crippen LogP contribution >= 0.6 is 0 Å². The van der Waals surface area contributed by atoms with Crippen LogP contribution in [0.1, 0.15) is 28.4 Å². The van der Waals surface area contributed by atoms with Crippen LogP contribution in [-0.4, -0.2) is 22.1 Å². The number of aromatic amines is 1. The van der Waals surface area contributed by atoms with Crippen LogP contribution in [0.3, 0.4) is 0 Å². The Bertz CT molecular complexity index is 520. The van der Waals surface area contributed by atoms with E-state index in [1.807, 2.05) is 19.1 Å². The topological polar surface area (TPSA) is 57.8 Å². The lowest BCUT2D eigenvalue weighted by Gasteiger charge is -2.14. The van der Waals surface area contributed by atoms with Gasteiger partial charge in [0.25, 0.3) is 5.91 Å². The van der Waals surface area contributed by atoms with Crippen LogP contribution in [0.2, 0.25) is 0 Å². The third kappa shape index (κ3) is 2.97. The Labute approximate surface area is 106 Å². The lowest BCUT2D eigenvalue weighted by molar-refractivity contribution is 0.0940. The molecule has 1 aromatic carbocycles. The number of H-pyrrole nitrogens is 1. The summed E-state index contributed by atoms with van der Waals surface area (Å²) in [6.45, 7) is 4.09. The third-order valence-corrected chi connectivity index (χ3v) is 2.93. The van der Waals surface area contributed by atoms with Gasteiger partial charge >= 0.3 is 0 Å². The van der Waals surface area contributed by atoms with Gasteiger partial charge in [0.15, 0.2) is 0 Å². The first-order valence-corrected chi connectivity index (χ1v) is 6.01. The van der Waals surface area contributed by atoms with E-state index in [2.05, 4.69) is 34.6 Å². The second-order valence-electron chi connectivity index (χ2n) is 4.49. The van der Waals surface area contributed by atoms with Gasteiger partial charge in [0.05, 0.1) is 11.8 Å². The Morgan fingerprint density at radius 1 is 1.44 bits per heavy atom. The van der Waals surface area contributed by atoms with Gasteiger partial charge in [-0.25, -0.2) is 0 Å². The smallest absolute Gasteiger partial charge is 0.254 e. The zero-order valence-electron chi connectivity index (χ0n) is 10.6. The normalized spacial score (nSPS) is 12.1. The van der Waals surface area contributed by atoms with Crippen LogP contribution in [0.5, 0.6) is 0 Å². The number of hydrogen-bond acceptors (Lipinski definition) is 2. The highest BCUT2D eigenvalue weighted by Crippen LogP contribution is 2.09. The molecule has 0 spiro atoms. The number of aryl methyl sites for hydroxylation is 1. The van der Waals surface area contributed by atoms with E-state index in [4.69, 9.17) is 0 Å². The van der Waals surface area contributed by atoms with Gasteiger partial charge in [-0.3, -0.25) is 9.89 Å². The summed E-state index contributed by atoms with van der Waals surface area (Å²) in [4.78, 5) is 11.8. The summed E-state index contributed by atoms with van der Waals surface area (Å²) < 4.78 is 0. The number of rotatable bonds is 4. The third-order valence-electron chi connectivity index (χ3n) is 2.93. The van der Waals surface area contributed by atoms with E-state index in [0.29, 0.717) is 5.56 Å². The van der Waals surface area contributed by atoms with Crippen molar-refractivity contribution in [3.8, 4) is 0 Å². The number of nitrogens with one attached hydrogen (secondary N) is 2. The molecule has 94 valence electrons. The molecule has 4 nitrogen and oxygen atoms in total. The zero-order chi connectivity index (χ0) is 13.0. The summed E-state index contributed by atoms with van der Waals surface area (Å²) in [5.41, 5.74) is 3.08. The van der Waals surface area contributed by atoms with Gasteiger partial charge in [-0.15, -0.1) is 0 Å². The summed E-state index contributed by atoms with van der Waals surface area (Å²) in [5, 5.41) is 9.35. The van der Waals surface area contributed by atoms with E-state index in [9.17, 15) is 4.79 Å². The van der Waals surface area contributed by atoms with Crippen molar-refractivity contribution >= 4 is 5.91 Å². The van der Waals surface area contributed by atoms with E-state index >= 15 is 0 Å². The fraction of sp³-hybridized carbons (Fsp3) is 0.286. The number of aromatic nitrogens is 2. The molecule has 2 N–H and O–H groups in total. The van der Waals surface area contributed by atoms with E-state index in [1.165, 1.54) is 17.3 Å². The Morgan fingerprint density at radius 3 is 2.89 bits per heavy atom. The van der Waals surface area contributed by atoms with Crippen LogP contribution in [0.15, 0.2) is 36.7 Å². The second kappa shape index (κ2) is 5.49. The number of hydrogen-bond donors (Lipinski definition) is 2. The van der Waals surface area contributed by atoms with Crippen molar-refractivity contribution in [2.75, 3.05) is 0 Å². The molecule has 1 unspecified atom stereocenters. The highest BCUT2D eigenvalue weighted by atomic mass is 16.1. The lowest BCUT2D eigenvalue weighted by atomic mass is 10.0. The van der Waals surface area contributed by atoms with E-state index in [-0.39, 0.29) is 11.9 Å². The quantitative estimate of drug-likeness (QED) is 0.863. The number of benzene rings is 1. The molecule has 0 aliphatic rings. The van der Waals surface area contributed by atoms with E-state index in [0.717, 1.165) is 6.42 Å². The average Bonchev–Trinajstić information content (AvgIpc) is 2.85. The molecule has 1 atom stereocenters. The van der Waals surface area contributed by atoms with Gasteiger partial charge < -0.3 is 5.32 Å². The zero-order valence-corrected chi connectivity index (χ0v) is 10.6. The van der Waals surface area contributed by atoms with Gasteiger partial charge in [-0.05, 0) is 31.4 Å². The van der Waals surface area contributed by atoms with Crippen LogP contribution in [0, 0.1) is 6.92 Å². The molecule has 0 aliphatic heterocycles. The standard InChI is InChI=1S/C14H17N3O/c1-10-5-3-4-6-12(10)7-11(2)17-14(18)13-8-15-16-9-13/h3-6,8-9,11H,7H2,1-2H3,(H,15,16)(H,17,18). The van der Waals surface area contributed by atoms with Crippen molar-refractivity contribution in [3.63, 3.8) is 0 Å². The van der Waals surface area contributed by atoms with Crippen LogP contribution in [0.25, 0.3) is 0 Å². The Balaban J connectivity index is 1.95. The fourth-order valence-corrected chi connectivity index (χ4v) is 1.90. The van der Waals surface area contributed by atoms with Gasteiger partial charge in [0, 0.05) is 12.2 Å². The summed E-state index contributed by atoms with van der Waals surface area (Å²) in [5.74, 6) is -0.0927. The minimum atomic E-state index is -0.0927. The van der Waals surface area contributed by atoms with Crippen molar-refractivity contribution < 1.29 is 4.79 Å². The molecule has 1 aromatic heterocycles. The summed E-state index contributed by atoms with van der Waals surface area (Å²) in [6, 6.07) is 8.31. The number of amides is 1. The van der Waals surface area contributed by atoms with Crippen LogP contribution in [-0.2, 0) is 6.42 Å². The van der Waals surface area contributed by atoms with Gasteiger partial charge in [-0.2, -0.15) is 5.10 Å². The van der Waals surface area contributed by atoms with Crippen molar-refractivity contribution in [1.82, 2.24) is 15.5 Å². The maximum atomic E-state index is 11.8. The van der Waals surface area contributed by atoms with Crippen LogP contribution in [0.4, 0.5) is 0 Å². The number of nitrogens with zero attached hydrogens (tertiary/aromatic N) is 1. The minimum Gasteiger partial charge on any atom is -0.349 e. The highest BCUT2D eigenvalue weighted by Gasteiger charge is 2.11. The molecule has 1 heterocycles. The number of carbonyl (C=O) groups excluding carboxylic acids is 1. The predicted molar refractivity (Wildman–Crippen MR) is 70.4 cm³/mol. The second-order valence-corrected chi connectivity index (χ2v) is 4.49. The highest BCUT2D eigenvalue weighted by molar-refractivity contribution is 5.93. The first kappa shape index (κ1) is 12.4. The van der Waals surface area contributed by atoms with Crippen LogP contribution < -0.4 is 5.32 Å². The molecule has 2 aromatic rings. The van der Waals surface area contributed by atoms with E-state index < -0.39 is 0 Å². The number of carbonyl (C=O) groups is 1. The largest absolute Gasteiger partial charge is 0.349 e. The molecule has 4 heteroatoms. The molecule has 0 aliphatic carbocycles. The maximum absolute atomic E-state index is 11.8. The van der Waals surface area contributed by atoms with Gasteiger partial charge in [0.1, 0.15) is 0 Å². The summed E-state index contributed by atoms with van der Waals surface area (Å²) in [7, 11) is 0. The van der Waals surface area contributed by atoms with E-state index in [1.54, 1.807) is 6.20 Å². The molecule has 1 amide bonds. The first-order valence-electron chi connectivity index (χ1n) is 6.01. The average molecular weight is 243 g/mol. The predicted octanol–water partition coefficient (Wildman–Crippen LogP) is 2.08. The summed E-state index contributed by atoms with van der Waals surface area (Å²) >= 11 is 0. The Morgan fingerprint density at radius 2 is 2.22 bits per heavy atom. The molecule has 0 saturated carbocycles. The first-order chi connectivity index (χ1) is 8.66. The molecule has 0 radical (unpaired) electrons. The molecule has 0 saturated heterocycles. The van der Waals surface area contributed by atoms with Gasteiger partial charge in [-0.1, -0.05) is 24.3 Å². The molecule has 18 heavy (non-hydrogen) atoms. The Hall–Kier alpha value is -2.10. The molecular formula is C14H17N3O.